The normalized spacial score (nSPS) is 25.4. The maximum atomic E-state index is 11.8. The standard InChI is InChI=1S/C15H15NO2S/c1-8-7-9(8)11-5-6-12(18-11)15-16-14-10(17)3-2-4-13(14)19-15/h5-6,8-9H,2-4,7H2,1H3. The third-order valence-corrected chi connectivity index (χ3v) is 5.21. The molecule has 2 aromatic rings. The number of hydrogen-bond donors (Lipinski definition) is 0. The highest BCUT2D eigenvalue weighted by atomic mass is 32.1. The molecule has 1 fully saturated rings. The van der Waals surface area contributed by atoms with Crippen molar-refractivity contribution in [2.24, 2.45) is 5.92 Å². The van der Waals surface area contributed by atoms with Crippen LogP contribution >= 0.6 is 11.3 Å². The van der Waals surface area contributed by atoms with Crippen LogP contribution < -0.4 is 0 Å². The van der Waals surface area contributed by atoms with Gasteiger partial charge in [-0.2, -0.15) is 0 Å². The summed E-state index contributed by atoms with van der Waals surface area (Å²) in [6.45, 7) is 2.24. The van der Waals surface area contributed by atoms with E-state index in [1.807, 2.05) is 6.07 Å². The molecular formula is C15H15NO2S. The van der Waals surface area contributed by atoms with Gasteiger partial charge in [-0.25, -0.2) is 4.98 Å². The smallest absolute Gasteiger partial charge is 0.182 e. The number of carbonyl (C=O) groups excluding carboxylic acids is 1. The Labute approximate surface area is 115 Å². The highest BCUT2D eigenvalue weighted by Gasteiger charge is 2.37. The summed E-state index contributed by atoms with van der Waals surface area (Å²) < 4.78 is 5.91. The molecular weight excluding hydrogens is 258 g/mol. The number of Topliss-reactive ketones (excluding diaryl/α,β-unsaturated/α-hetero) is 1. The molecule has 4 heteroatoms. The molecule has 2 aromatic heterocycles. The molecule has 98 valence electrons. The molecule has 1 saturated carbocycles. The van der Waals surface area contributed by atoms with Crippen molar-refractivity contribution in [3.05, 3.63) is 28.5 Å². The first kappa shape index (κ1) is 11.4. The number of aryl methyl sites for hydroxylation is 1. The van der Waals surface area contributed by atoms with Gasteiger partial charge in [-0.15, -0.1) is 11.3 Å². The van der Waals surface area contributed by atoms with E-state index in [0.29, 0.717) is 18.0 Å². The van der Waals surface area contributed by atoms with E-state index < -0.39 is 0 Å². The van der Waals surface area contributed by atoms with Gasteiger partial charge in [-0.3, -0.25) is 4.79 Å². The number of nitrogens with zero attached hydrogens (tertiary/aromatic N) is 1. The van der Waals surface area contributed by atoms with Crippen molar-refractivity contribution in [2.75, 3.05) is 0 Å². The second-order valence-electron chi connectivity index (χ2n) is 5.59. The molecule has 0 saturated heterocycles. The van der Waals surface area contributed by atoms with E-state index in [9.17, 15) is 4.79 Å². The average molecular weight is 273 g/mol. The molecule has 19 heavy (non-hydrogen) atoms. The Morgan fingerprint density at radius 3 is 2.95 bits per heavy atom. The third-order valence-electron chi connectivity index (χ3n) is 4.08. The maximum Gasteiger partial charge on any atom is 0.182 e. The fraction of sp³-hybridized carbons (Fsp3) is 0.467. The first-order valence-electron chi connectivity index (χ1n) is 6.85. The van der Waals surface area contributed by atoms with Gasteiger partial charge < -0.3 is 4.42 Å². The predicted octanol–water partition coefficient (Wildman–Crippen LogP) is 4.05. The van der Waals surface area contributed by atoms with E-state index in [4.69, 9.17) is 4.42 Å². The Morgan fingerprint density at radius 1 is 1.37 bits per heavy atom. The van der Waals surface area contributed by atoms with Crippen molar-refractivity contribution in [2.45, 2.75) is 38.5 Å². The lowest BCUT2D eigenvalue weighted by atomic mass is 10.0. The lowest BCUT2D eigenvalue weighted by Crippen LogP contribution is -2.08. The highest BCUT2D eigenvalue weighted by molar-refractivity contribution is 7.15. The first-order chi connectivity index (χ1) is 9.22. The quantitative estimate of drug-likeness (QED) is 0.829. The molecule has 0 aromatic carbocycles. The summed E-state index contributed by atoms with van der Waals surface area (Å²) in [5, 5.41) is 0.861. The number of aromatic nitrogens is 1. The van der Waals surface area contributed by atoms with Crippen LogP contribution in [-0.2, 0) is 6.42 Å². The minimum Gasteiger partial charge on any atom is -0.458 e. The predicted molar refractivity (Wildman–Crippen MR) is 73.6 cm³/mol. The molecule has 2 atom stereocenters. The van der Waals surface area contributed by atoms with Crippen LogP contribution in [0.15, 0.2) is 16.5 Å². The number of ketones is 1. The molecule has 2 unspecified atom stereocenters. The zero-order valence-electron chi connectivity index (χ0n) is 10.8. The summed E-state index contributed by atoms with van der Waals surface area (Å²) in [7, 11) is 0. The van der Waals surface area contributed by atoms with E-state index in [1.165, 1.54) is 6.42 Å². The number of fused-ring (bicyclic) bond motifs is 1. The van der Waals surface area contributed by atoms with E-state index in [2.05, 4.69) is 18.0 Å². The molecule has 0 N–H and O–H groups in total. The van der Waals surface area contributed by atoms with Crippen LogP contribution in [0.3, 0.4) is 0 Å². The van der Waals surface area contributed by atoms with E-state index in [0.717, 1.165) is 40.2 Å². The molecule has 3 nitrogen and oxygen atoms in total. The van der Waals surface area contributed by atoms with Crippen LogP contribution in [0.1, 0.15) is 53.2 Å². The highest BCUT2D eigenvalue weighted by Crippen LogP contribution is 2.48. The largest absolute Gasteiger partial charge is 0.458 e. The minimum atomic E-state index is 0.186. The Balaban J connectivity index is 1.69. The number of hydrogen-bond acceptors (Lipinski definition) is 4. The number of furan rings is 1. The van der Waals surface area contributed by atoms with Gasteiger partial charge >= 0.3 is 0 Å². The monoisotopic (exact) mass is 273 g/mol. The summed E-state index contributed by atoms with van der Waals surface area (Å²) in [6.07, 6.45) is 3.79. The average Bonchev–Trinajstić information content (AvgIpc) is 2.85. The third kappa shape index (κ3) is 1.86. The Morgan fingerprint density at radius 2 is 2.21 bits per heavy atom. The van der Waals surface area contributed by atoms with E-state index in [-0.39, 0.29) is 5.78 Å². The zero-order valence-corrected chi connectivity index (χ0v) is 11.6. The van der Waals surface area contributed by atoms with Crippen LogP contribution in [-0.4, -0.2) is 10.8 Å². The number of thiazole rings is 1. The van der Waals surface area contributed by atoms with Gasteiger partial charge in [0.05, 0.1) is 0 Å². The SMILES string of the molecule is CC1CC1c1ccc(-c2nc3c(s2)CCCC3=O)o1. The van der Waals surface area contributed by atoms with Crippen LogP contribution in [0.4, 0.5) is 0 Å². The summed E-state index contributed by atoms with van der Waals surface area (Å²) in [6, 6.07) is 4.06. The second-order valence-corrected chi connectivity index (χ2v) is 6.67. The molecule has 0 spiro atoms. The van der Waals surface area contributed by atoms with Crippen molar-refractivity contribution in [1.29, 1.82) is 0 Å². The summed E-state index contributed by atoms with van der Waals surface area (Å²) >= 11 is 1.61. The molecule has 0 aliphatic heterocycles. The summed E-state index contributed by atoms with van der Waals surface area (Å²) in [4.78, 5) is 17.4. The second kappa shape index (κ2) is 4.04. The van der Waals surface area contributed by atoms with Gasteiger partial charge in [0, 0.05) is 17.2 Å². The molecule has 0 bridgehead atoms. The lowest BCUT2D eigenvalue weighted by molar-refractivity contribution is 0.0968. The zero-order chi connectivity index (χ0) is 13.0. The van der Waals surface area contributed by atoms with Gasteiger partial charge in [-0.1, -0.05) is 6.92 Å². The van der Waals surface area contributed by atoms with Crippen molar-refractivity contribution in [1.82, 2.24) is 4.98 Å². The summed E-state index contributed by atoms with van der Waals surface area (Å²) in [5.74, 6) is 3.41. The van der Waals surface area contributed by atoms with Crippen LogP contribution in [0.25, 0.3) is 10.8 Å². The Bertz CT molecular complexity index is 655. The number of rotatable bonds is 2. The molecule has 2 heterocycles. The fourth-order valence-electron chi connectivity index (χ4n) is 2.76. The van der Waals surface area contributed by atoms with Crippen molar-refractivity contribution in [3.8, 4) is 10.8 Å². The van der Waals surface area contributed by atoms with Gasteiger partial charge in [0.15, 0.2) is 16.6 Å². The Hall–Kier alpha value is -1.42. The van der Waals surface area contributed by atoms with Gasteiger partial charge in [0.2, 0.25) is 0 Å². The lowest BCUT2D eigenvalue weighted by Gasteiger charge is -2.06. The topological polar surface area (TPSA) is 43.1 Å². The van der Waals surface area contributed by atoms with E-state index in [1.54, 1.807) is 11.3 Å². The molecule has 2 aliphatic carbocycles. The molecule has 0 radical (unpaired) electrons. The summed E-state index contributed by atoms with van der Waals surface area (Å²) in [5.41, 5.74) is 0.684. The van der Waals surface area contributed by atoms with Crippen molar-refractivity contribution >= 4 is 17.1 Å². The minimum absolute atomic E-state index is 0.186. The van der Waals surface area contributed by atoms with Gasteiger partial charge in [-0.05, 0) is 37.3 Å². The molecule has 2 aliphatic rings. The Kier molecular flexibility index (Phi) is 2.42. The van der Waals surface area contributed by atoms with Crippen molar-refractivity contribution < 1.29 is 9.21 Å². The number of carbonyl (C=O) groups is 1. The van der Waals surface area contributed by atoms with Crippen LogP contribution in [0.5, 0.6) is 0 Å². The molecule has 4 rings (SSSR count). The first-order valence-corrected chi connectivity index (χ1v) is 7.67. The van der Waals surface area contributed by atoms with E-state index >= 15 is 0 Å². The van der Waals surface area contributed by atoms with Gasteiger partial charge in [0.25, 0.3) is 0 Å². The molecule has 0 amide bonds. The van der Waals surface area contributed by atoms with Crippen LogP contribution in [0.2, 0.25) is 0 Å². The maximum absolute atomic E-state index is 11.8. The van der Waals surface area contributed by atoms with Crippen LogP contribution in [0, 0.1) is 5.92 Å². The van der Waals surface area contributed by atoms with Crippen molar-refractivity contribution in [3.63, 3.8) is 0 Å². The van der Waals surface area contributed by atoms with Gasteiger partial charge in [0.1, 0.15) is 11.5 Å². The fourth-order valence-corrected chi connectivity index (χ4v) is 3.84.